The van der Waals surface area contributed by atoms with Crippen molar-refractivity contribution in [1.29, 1.82) is 0 Å². The lowest BCUT2D eigenvalue weighted by molar-refractivity contribution is -0.129. The first-order valence-electron chi connectivity index (χ1n) is 12.5. The Labute approximate surface area is 219 Å². The molecular formula is C27H39N3O6Si. The maximum Gasteiger partial charge on any atom is 0.407 e. The zero-order valence-electron chi connectivity index (χ0n) is 22.0. The number of ether oxygens (including phenoxy) is 1. The average Bonchev–Trinajstić information content (AvgIpc) is 2.87. The topological polar surface area (TPSA) is 140 Å². The minimum absolute atomic E-state index is 0.196. The molecule has 202 valence electrons. The molecule has 2 rings (SSSR count). The van der Waals surface area contributed by atoms with Gasteiger partial charge in [0.1, 0.15) is 12.1 Å². The van der Waals surface area contributed by atoms with E-state index >= 15 is 0 Å². The highest BCUT2D eigenvalue weighted by Crippen LogP contribution is 2.36. The van der Waals surface area contributed by atoms with Gasteiger partial charge in [-0.3, -0.25) is 9.59 Å². The van der Waals surface area contributed by atoms with Gasteiger partial charge in [0.25, 0.3) is 8.32 Å². The van der Waals surface area contributed by atoms with Gasteiger partial charge in [0.05, 0.1) is 19.8 Å². The summed E-state index contributed by atoms with van der Waals surface area (Å²) in [6, 6.07) is 17.2. The van der Waals surface area contributed by atoms with Crippen molar-refractivity contribution in [2.75, 3.05) is 19.8 Å². The van der Waals surface area contributed by atoms with Crippen LogP contribution in [-0.4, -0.2) is 63.2 Å². The van der Waals surface area contributed by atoms with Crippen LogP contribution < -0.4 is 26.7 Å². The van der Waals surface area contributed by atoms with E-state index in [-0.39, 0.29) is 18.3 Å². The number of unbranched alkanes of at least 4 members (excludes halogenated alkanes) is 1. The van der Waals surface area contributed by atoms with Gasteiger partial charge in [-0.2, -0.15) is 0 Å². The van der Waals surface area contributed by atoms with Crippen LogP contribution in [0.15, 0.2) is 60.7 Å². The molecular weight excluding hydrogens is 490 g/mol. The maximum atomic E-state index is 13.2. The third kappa shape index (κ3) is 7.88. The Morgan fingerprint density at radius 2 is 1.49 bits per heavy atom. The third-order valence-electron chi connectivity index (χ3n) is 6.07. The van der Waals surface area contributed by atoms with Crippen molar-refractivity contribution in [2.24, 2.45) is 5.73 Å². The molecule has 0 fully saturated rings. The molecule has 0 aliphatic carbocycles. The van der Waals surface area contributed by atoms with Gasteiger partial charge in [-0.1, -0.05) is 94.8 Å². The van der Waals surface area contributed by atoms with Gasteiger partial charge in [0, 0.05) is 0 Å². The van der Waals surface area contributed by atoms with Crippen molar-refractivity contribution in [1.82, 2.24) is 10.6 Å². The molecule has 0 aliphatic rings. The van der Waals surface area contributed by atoms with Gasteiger partial charge >= 0.3 is 6.09 Å². The summed E-state index contributed by atoms with van der Waals surface area (Å²) < 4.78 is 12.0. The number of primary amides is 1. The first kappa shape index (κ1) is 30.0. The summed E-state index contributed by atoms with van der Waals surface area (Å²) in [6.45, 7) is 7.57. The van der Waals surface area contributed by atoms with E-state index in [9.17, 15) is 19.5 Å². The largest absolute Gasteiger partial charge is 0.450 e. The Bertz CT molecular complexity index is 974. The molecule has 0 aliphatic heterocycles. The molecule has 0 radical (unpaired) electrons. The van der Waals surface area contributed by atoms with Crippen molar-refractivity contribution < 1.29 is 28.7 Å². The molecule has 2 aromatic rings. The second-order valence-electron chi connectivity index (χ2n) is 9.81. The van der Waals surface area contributed by atoms with Crippen molar-refractivity contribution in [2.45, 2.75) is 57.7 Å². The first-order chi connectivity index (χ1) is 17.6. The molecule has 2 aromatic carbocycles. The average molecular weight is 530 g/mol. The van der Waals surface area contributed by atoms with Gasteiger partial charge in [-0.15, -0.1) is 0 Å². The number of aliphatic hydroxyl groups is 1. The summed E-state index contributed by atoms with van der Waals surface area (Å²) in [5.41, 5.74) is 5.28. The number of aliphatic hydroxyl groups excluding tert-OH is 1. The Morgan fingerprint density at radius 3 is 1.92 bits per heavy atom. The highest BCUT2D eigenvalue weighted by atomic mass is 28.4. The fourth-order valence-electron chi connectivity index (χ4n) is 4.13. The van der Waals surface area contributed by atoms with Crippen molar-refractivity contribution in [3.63, 3.8) is 0 Å². The van der Waals surface area contributed by atoms with Crippen molar-refractivity contribution >= 4 is 36.6 Å². The van der Waals surface area contributed by atoms with Crippen LogP contribution in [0.25, 0.3) is 0 Å². The number of benzene rings is 2. The summed E-state index contributed by atoms with van der Waals surface area (Å²) in [5.74, 6) is -1.61. The molecule has 9 nitrogen and oxygen atoms in total. The zero-order valence-corrected chi connectivity index (χ0v) is 23.0. The quantitative estimate of drug-likeness (QED) is 0.229. The number of carbonyl (C=O) groups is 3. The Hall–Kier alpha value is -3.21. The standard InChI is InChI=1S/C27H39N3O6Si/c1-5-6-17-35-26(34)30-23(25(33)29-22(18-31)24(28)32)19-36-37(27(2,3)4,20-13-9-7-10-14-20)21-15-11-8-12-16-21/h7-16,22-23,31H,5-6,17-19H2,1-4H3,(H2,28,32)(H,29,33)(H,30,34)/t22-,23-/m0/s1. The summed E-state index contributed by atoms with van der Waals surface area (Å²) >= 11 is 0. The van der Waals surface area contributed by atoms with E-state index < -0.39 is 44.9 Å². The highest BCUT2D eigenvalue weighted by molar-refractivity contribution is 6.99. The van der Waals surface area contributed by atoms with E-state index in [4.69, 9.17) is 14.9 Å². The number of carbonyl (C=O) groups excluding carboxylic acids is 3. The van der Waals surface area contributed by atoms with Crippen LogP contribution in [0.2, 0.25) is 5.04 Å². The Balaban J connectivity index is 2.46. The summed E-state index contributed by atoms with van der Waals surface area (Å²) in [4.78, 5) is 37.3. The van der Waals surface area contributed by atoms with E-state index in [1.807, 2.05) is 67.6 Å². The number of nitrogens with two attached hydrogens (primary N) is 1. The molecule has 37 heavy (non-hydrogen) atoms. The van der Waals surface area contributed by atoms with Crippen LogP contribution in [0.3, 0.4) is 0 Å². The number of alkyl carbamates (subject to hydrolysis) is 1. The lowest BCUT2D eigenvalue weighted by Gasteiger charge is -2.43. The normalized spacial score (nSPS) is 13.3. The van der Waals surface area contributed by atoms with Gasteiger partial charge in [0.2, 0.25) is 11.8 Å². The predicted octanol–water partition coefficient (Wildman–Crippen LogP) is 1.42. The van der Waals surface area contributed by atoms with Crippen LogP contribution >= 0.6 is 0 Å². The Morgan fingerprint density at radius 1 is 0.946 bits per heavy atom. The van der Waals surface area contributed by atoms with Gasteiger partial charge < -0.3 is 30.6 Å². The molecule has 0 bridgehead atoms. The fraction of sp³-hybridized carbons (Fsp3) is 0.444. The molecule has 2 atom stereocenters. The molecule has 3 amide bonds. The molecule has 10 heteroatoms. The van der Waals surface area contributed by atoms with E-state index in [2.05, 4.69) is 31.4 Å². The fourth-order valence-corrected chi connectivity index (χ4v) is 8.70. The summed E-state index contributed by atoms with van der Waals surface area (Å²) in [5, 5.41) is 16.1. The maximum absolute atomic E-state index is 13.2. The van der Waals surface area contributed by atoms with Gasteiger partial charge in [0.15, 0.2) is 0 Å². The van der Waals surface area contributed by atoms with E-state index in [0.29, 0.717) is 6.42 Å². The van der Waals surface area contributed by atoms with E-state index in [1.165, 1.54) is 0 Å². The molecule has 0 saturated carbocycles. The molecule has 0 heterocycles. The lowest BCUT2D eigenvalue weighted by atomic mass is 10.2. The van der Waals surface area contributed by atoms with Gasteiger partial charge in [-0.25, -0.2) is 4.79 Å². The second-order valence-corrected chi connectivity index (χ2v) is 14.1. The number of rotatable bonds is 13. The highest BCUT2D eigenvalue weighted by Gasteiger charge is 2.50. The smallest absolute Gasteiger partial charge is 0.407 e. The lowest BCUT2D eigenvalue weighted by Crippen LogP contribution is -2.68. The zero-order chi connectivity index (χ0) is 27.5. The van der Waals surface area contributed by atoms with Crippen LogP contribution in [0.5, 0.6) is 0 Å². The molecule has 0 aromatic heterocycles. The number of hydrogen-bond donors (Lipinski definition) is 4. The van der Waals surface area contributed by atoms with Crippen LogP contribution in [-0.2, 0) is 18.8 Å². The van der Waals surface area contributed by atoms with E-state index in [0.717, 1.165) is 16.8 Å². The monoisotopic (exact) mass is 529 g/mol. The summed E-state index contributed by atoms with van der Waals surface area (Å²) in [6.07, 6.45) is 0.737. The van der Waals surface area contributed by atoms with Crippen LogP contribution in [0.1, 0.15) is 40.5 Å². The van der Waals surface area contributed by atoms with Crippen molar-refractivity contribution in [3.05, 3.63) is 60.7 Å². The second kappa shape index (κ2) is 13.9. The predicted molar refractivity (Wildman–Crippen MR) is 145 cm³/mol. The molecule has 5 N–H and O–H groups in total. The number of hydrogen-bond acceptors (Lipinski definition) is 6. The molecule has 0 spiro atoms. The molecule has 0 unspecified atom stereocenters. The van der Waals surface area contributed by atoms with Crippen LogP contribution in [0, 0.1) is 0 Å². The van der Waals surface area contributed by atoms with Gasteiger partial charge in [-0.05, 0) is 21.8 Å². The third-order valence-corrected chi connectivity index (χ3v) is 11.1. The number of nitrogens with one attached hydrogen (secondary N) is 2. The number of amides is 3. The minimum Gasteiger partial charge on any atom is -0.450 e. The van der Waals surface area contributed by atoms with Crippen LogP contribution in [0.4, 0.5) is 4.79 Å². The first-order valence-corrected chi connectivity index (χ1v) is 14.4. The Kier molecular flexibility index (Phi) is 11.3. The SMILES string of the molecule is CCCCOC(=O)N[C@@H](CO[Si](c1ccccc1)(c1ccccc1)C(C)(C)C)C(=O)N[C@@H](CO)C(N)=O. The summed E-state index contributed by atoms with van der Waals surface area (Å²) in [7, 11) is -3.02. The van der Waals surface area contributed by atoms with E-state index in [1.54, 1.807) is 0 Å². The van der Waals surface area contributed by atoms with Crippen molar-refractivity contribution in [3.8, 4) is 0 Å². The molecule has 0 saturated heterocycles. The minimum atomic E-state index is -3.02.